The molecule has 1 aromatic carbocycles. The van der Waals surface area contributed by atoms with Crippen molar-refractivity contribution in [1.82, 2.24) is 5.32 Å². The molecule has 1 aromatic rings. The van der Waals surface area contributed by atoms with Crippen LogP contribution in [0, 0.1) is 0 Å². The lowest BCUT2D eigenvalue weighted by atomic mass is 10.0. The van der Waals surface area contributed by atoms with Crippen molar-refractivity contribution in [3.8, 4) is 17.2 Å². The van der Waals surface area contributed by atoms with Crippen LogP contribution in [-0.4, -0.2) is 28.4 Å². The summed E-state index contributed by atoms with van der Waals surface area (Å²) < 4.78 is 16.0. The van der Waals surface area contributed by atoms with Crippen molar-refractivity contribution >= 4 is 0 Å². The Morgan fingerprint density at radius 2 is 1.53 bits per heavy atom. The molecular formula is C13H21NO3. The van der Waals surface area contributed by atoms with E-state index in [1.807, 2.05) is 19.2 Å². The zero-order chi connectivity index (χ0) is 12.8. The van der Waals surface area contributed by atoms with Crippen LogP contribution >= 0.6 is 0 Å². The van der Waals surface area contributed by atoms with Gasteiger partial charge in [-0.1, -0.05) is 6.92 Å². The van der Waals surface area contributed by atoms with Gasteiger partial charge in [0.25, 0.3) is 0 Å². The second-order valence-corrected chi connectivity index (χ2v) is 3.70. The normalized spacial score (nSPS) is 12.1. The van der Waals surface area contributed by atoms with Gasteiger partial charge >= 0.3 is 0 Å². The Bertz CT molecular complexity index is 362. The minimum Gasteiger partial charge on any atom is -0.496 e. The van der Waals surface area contributed by atoms with E-state index in [1.54, 1.807) is 21.3 Å². The largest absolute Gasteiger partial charge is 0.496 e. The van der Waals surface area contributed by atoms with Crippen LogP contribution in [0.1, 0.15) is 24.9 Å². The summed E-state index contributed by atoms with van der Waals surface area (Å²) in [6, 6.07) is 4.06. The molecule has 0 amide bonds. The zero-order valence-corrected chi connectivity index (χ0v) is 11.2. The van der Waals surface area contributed by atoms with Crippen molar-refractivity contribution in [1.29, 1.82) is 0 Å². The summed E-state index contributed by atoms with van der Waals surface area (Å²) in [6.45, 7) is 2.12. The van der Waals surface area contributed by atoms with Crippen LogP contribution in [0.4, 0.5) is 0 Å². The van der Waals surface area contributed by atoms with Crippen molar-refractivity contribution in [2.75, 3.05) is 28.4 Å². The molecule has 0 heterocycles. The van der Waals surface area contributed by atoms with Crippen LogP contribution < -0.4 is 19.5 Å². The summed E-state index contributed by atoms with van der Waals surface area (Å²) in [5.41, 5.74) is 1.08. The monoisotopic (exact) mass is 239 g/mol. The van der Waals surface area contributed by atoms with Gasteiger partial charge in [-0.3, -0.25) is 0 Å². The highest BCUT2D eigenvalue weighted by Crippen LogP contribution is 2.38. The summed E-state index contributed by atoms with van der Waals surface area (Å²) in [6.07, 6.45) is 0.975. The van der Waals surface area contributed by atoms with E-state index in [1.165, 1.54) is 0 Å². The Kier molecular flexibility index (Phi) is 5.10. The van der Waals surface area contributed by atoms with Gasteiger partial charge in [0, 0.05) is 17.7 Å². The van der Waals surface area contributed by atoms with Crippen LogP contribution in [0.15, 0.2) is 12.1 Å². The molecule has 4 nitrogen and oxygen atoms in total. The highest BCUT2D eigenvalue weighted by atomic mass is 16.5. The molecule has 0 aliphatic carbocycles. The lowest BCUT2D eigenvalue weighted by Crippen LogP contribution is -2.16. The minimum absolute atomic E-state index is 0.241. The first-order valence-corrected chi connectivity index (χ1v) is 5.68. The number of hydrogen-bond donors (Lipinski definition) is 1. The minimum atomic E-state index is 0.241. The van der Waals surface area contributed by atoms with Gasteiger partial charge in [0.1, 0.15) is 5.75 Å². The van der Waals surface area contributed by atoms with Crippen molar-refractivity contribution in [2.45, 2.75) is 19.4 Å². The lowest BCUT2D eigenvalue weighted by Gasteiger charge is -2.20. The van der Waals surface area contributed by atoms with Crippen LogP contribution in [0.3, 0.4) is 0 Å². The van der Waals surface area contributed by atoms with E-state index in [2.05, 4.69) is 12.2 Å². The maximum Gasteiger partial charge on any atom is 0.164 e. The molecule has 0 aromatic heterocycles. The molecule has 1 unspecified atom stereocenters. The highest BCUT2D eigenvalue weighted by molar-refractivity contribution is 5.51. The molecule has 0 radical (unpaired) electrons. The second kappa shape index (κ2) is 6.35. The Morgan fingerprint density at radius 3 is 1.94 bits per heavy atom. The van der Waals surface area contributed by atoms with E-state index < -0.39 is 0 Å². The third kappa shape index (κ3) is 2.82. The quantitative estimate of drug-likeness (QED) is 0.827. The predicted molar refractivity (Wildman–Crippen MR) is 68.2 cm³/mol. The van der Waals surface area contributed by atoms with Crippen molar-refractivity contribution < 1.29 is 14.2 Å². The Morgan fingerprint density at radius 1 is 1.00 bits per heavy atom. The fourth-order valence-corrected chi connectivity index (χ4v) is 1.90. The molecular weight excluding hydrogens is 218 g/mol. The number of benzene rings is 1. The molecule has 1 rings (SSSR count). The molecule has 1 N–H and O–H groups in total. The maximum atomic E-state index is 5.40. The number of hydrogen-bond acceptors (Lipinski definition) is 4. The molecule has 17 heavy (non-hydrogen) atoms. The van der Waals surface area contributed by atoms with Gasteiger partial charge in [0.2, 0.25) is 0 Å². The Hall–Kier alpha value is -1.42. The van der Waals surface area contributed by atoms with E-state index in [-0.39, 0.29) is 6.04 Å². The smallest absolute Gasteiger partial charge is 0.164 e. The third-order valence-electron chi connectivity index (χ3n) is 2.87. The van der Waals surface area contributed by atoms with Crippen LogP contribution in [0.5, 0.6) is 17.2 Å². The predicted octanol–water partition coefficient (Wildman–Crippen LogP) is 2.38. The second-order valence-electron chi connectivity index (χ2n) is 3.70. The van der Waals surface area contributed by atoms with E-state index in [0.29, 0.717) is 5.75 Å². The highest BCUT2D eigenvalue weighted by Gasteiger charge is 2.17. The first-order valence-electron chi connectivity index (χ1n) is 5.68. The van der Waals surface area contributed by atoms with E-state index in [4.69, 9.17) is 14.2 Å². The van der Waals surface area contributed by atoms with Crippen LogP contribution in [0.2, 0.25) is 0 Å². The number of rotatable bonds is 6. The average Bonchev–Trinajstić information content (AvgIpc) is 2.39. The topological polar surface area (TPSA) is 39.7 Å². The molecule has 0 saturated carbocycles. The van der Waals surface area contributed by atoms with E-state index in [9.17, 15) is 0 Å². The Balaban J connectivity index is 3.27. The van der Waals surface area contributed by atoms with Crippen LogP contribution in [0.25, 0.3) is 0 Å². The fourth-order valence-electron chi connectivity index (χ4n) is 1.90. The van der Waals surface area contributed by atoms with Gasteiger partial charge in [-0.25, -0.2) is 0 Å². The van der Waals surface area contributed by atoms with Crippen molar-refractivity contribution in [3.63, 3.8) is 0 Å². The summed E-state index contributed by atoms with van der Waals surface area (Å²) in [4.78, 5) is 0. The SMILES string of the molecule is CCC(NC)c1cc(OC)c(OC)cc1OC. The summed E-state index contributed by atoms with van der Waals surface area (Å²) in [7, 11) is 6.85. The van der Waals surface area contributed by atoms with Gasteiger partial charge in [-0.05, 0) is 19.5 Å². The van der Waals surface area contributed by atoms with Gasteiger partial charge < -0.3 is 19.5 Å². The average molecular weight is 239 g/mol. The summed E-state index contributed by atoms with van der Waals surface area (Å²) >= 11 is 0. The number of methoxy groups -OCH3 is 3. The molecule has 0 bridgehead atoms. The van der Waals surface area contributed by atoms with Gasteiger partial charge in [-0.2, -0.15) is 0 Å². The zero-order valence-electron chi connectivity index (χ0n) is 11.2. The fraction of sp³-hybridized carbons (Fsp3) is 0.538. The number of nitrogens with one attached hydrogen (secondary N) is 1. The first-order chi connectivity index (χ1) is 8.21. The molecule has 0 fully saturated rings. The molecule has 96 valence electrons. The van der Waals surface area contributed by atoms with E-state index >= 15 is 0 Å². The standard InChI is InChI=1S/C13H21NO3/c1-6-10(14-2)9-7-12(16-4)13(17-5)8-11(9)15-3/h7-8,10,14H,6H2,1-5H3. The molecule has 0 aliphatic rings. The Labute approximate surface area is 103 Å². The molecule has 0 saturated heterocycles. The maximum absolute atomic E-state index is 5.40. The molecule has 4 heteroatoms. The first kappa shape index (κ1) is 13.6. The lowest BCUT2D eigenvalue weighted by molar-refractivity contribution is 0.345. The summed E-state index contributed by atoms with van der Waals surface area (Å²) in [5, 5.41) is 3.26. The molecule has 0 aliphatic heterocycles. The van der Waals surface area contributed by atoms with Gasteiger partial charge in [0.15, 0.2) is 11.5 Å². The molecule has 1 atom stereocenters. The van der Waals surface area contributed by atoms with Crippen LogP contribution in [-0.2, 0) is 0 Å². The molecule has 0 spiro atoms. The van der Waals surface area contributed by atoms with Crippen molar-refractivity contribution in [2.24, 2.45) is 0 Å². The third-order valence-corrected chi connectivity index (χ3v) is 2.87. The van der Waals surface area contributed by atoms with Crippen molar-refractivity contribution in [3.05, 3.63) is 17.7 Å². The van der Waals surface area contributed by atoms with Gasteiger partial charge in [-0.15, -0.1) is 0 Å². The van der Waals surface area contributed by atoms with Gasteiger partial charge in [0.05, 0.1) is 21.3 Å². The van der Waals surface area contributed by atoms with E-state index in [0.717, 1.165) is 23.5 Å². The summed E-state index contributed by atoms with van der Waals surface area (Å²) in [5.74, 6) is 2.21. The number of ether oxygens (including phenoxy) is 3.